The van der Waals surface area contributed by atoms with Crippen LogP contribution in [0.15, 0.2) is 12.1 Å². The zero-order valence-corrected chi connectivity index (χ0v) is 10.8. The van der Waals surface area contributed by atoms with E-state index in [9.17, 15) is 4.79 Å². The fraction of sp³-hybridized carbons (Fsp3) is 0.538. The molecule has 5 nitrogen and oxygen atoms in total. The first kappa shape index (κ1) is 12.8. The molecule has 1 aliphatic rings. The van der Waals surface area contributed by atoms with E-state index in [1.165, 1.54) is 12.8 Å². The topological polar surface area (TPSA) is 65.5 Å². The van der Waals surface area contributed by atoms with E-state index >= 15 is 0 Å². The van der Waals surface area contributed by atoms with Crippen LogP contribution in [0.5, 0.6) is 0 Å². The Balaban J connectivity index is 1.85. The number of pyridine rings is 1. The van der Waals surface area contributed by atoms with Gasteiger partial charge in [0.15, 0.2) is 0 Å². The molecule has 98 valence electrons. The van der Waals surface area contributed by atoms with E-state index in [0.717, 1.165) is 24.9 Å². The predicted octanol–water partition coefficient (Wildman–Crippen LogP) is 1.59. The molecule has 1 aromatic heterocycles. The number of nitrogens with one attached hydrogen (secondary N) is 1. The van der Waals surface area contributed by atoms with Gasteiger partial charge in [-0.2, -0.15) is 0 Å². The summed E-state index contributed by atoms with van der Waals surface area (Å²) in [6.07, 6.45) is 2.61. The van der Waals surface area contributed by atoms with Crippen molar-refractivity contribution in [3.05, 3.63) is 23.4 Å². The SMILES string of the molecule is Cc1nc(NCCN(C)C2CC2)ccc1C(=O)O. The van der Waals surface area contributed by atoms with E-state index in [1.54, 1.807) is 19.1 Å². The number of rotatable bonds is 6. The molecule has 0 unspecified atom stereocenters. The Labute approximate surface area is 107 Å². The molecule has 0 radical (unpaired) electrons. The highest BCUT2D eigenvalue weighted by molar-refractivity contribution is 5.89. The van der Waals surface area contributed by atoms with Gasteiger partial charge in [-0.3, -0.25) is 0 Å². The van der Waals surface area contributed by atoms with Gasteiger partial charge < -0.3 is 15.3 Å². The molecule has 1 heterocycles. The molecule has 0 spiro atoms. The Kier molecular flexibility index (Phi) is 3.81. The average molecular weight is 249 g/mol. The van der Waals surface area contributed by atoms with Gasteiger partial charge >= 0.3 is 5.97 Å². The summed E-state index contributed by atoms with van der Waals surface area (Å²) in [5.74, 6) is -0.193. The molecule has 1 aliphatic carbocycles. The molecule has 0 aliphatic heterocycles. The number of hydrogen-bond acceptors (Lipinski definition) is 4. The van der Waals surface area contributed by atoms with Gasteiger partial charge in [0.25, 0.3) is 0 Å². The number of aryl methyl sites for hydroxylation is 1. The molecule has 2 rings (SSSR count). The average Bonchev–Trinajstić information content (AvgIpc) is 3.12. The van der Waals surface area contributed by atoms with Crippen molar-refractivity contribution in [3.8, 4) is 0 Å². The number of carboxylic acid groups (broad SMARTS) is 1. The first-order valence-corrected chi connectivity index (χ1v) is 6.23. The normalized spacial score (nSPS) is 14.8. The quantitative estimate of drug-likeness (QED) is 0.801. The lowest BCUT2D eigenvalue weighted by Gasteiger charge is -2.16. The van der Waals surface area contributed by atoms with Crippen LogP contribution in [0, 0.1) is 6.92 Å². The highest BCUT2D eigenvalue weighted by atomic mass is 16.4. The Bertz CT molecular complexity index is 444. The minimum Gasteiger partial charge on any atom is -0.478 e. The Hall–Kier alpha value is -1.62. The van der Waals surface area contributed by atoms with Crippen molar-refractivity contribution in [2.45, 2.75) is 25.8 Å². The van der Waals surface area contributed by atoms with Crippen LogP contribution in [0.4, 0.5) is 5.82 Å². The summed E-state index contributed by atoms with van der Waals surface area (Å²) in [4.78, 5) is 17.4. The van der Waals surface area contributed by atoms with Crippen LogP contribution in [0.25, 0.3) is 0 Å². The summed E-state index contributed by atoms with van der Waals surface area (Å²) in [6.45, 7) is 3.52. The number of aromatic carboxylic acids is 1. The fourth-order valence-electron chi connectivity index (χ4n) is 1.94. The maximum Gasteiger partial charge on any atom is 0.337 e. The first-order chi connectivity index (χ1) is 8.58. The maximum absolute atomic E-state index is 10.9. The van der Waals surface area contributed by atoms with Gasteiger partial charge in [0, 0.05) is 19.1 Å². The van der Waals surface area contributed by atoms with Crippen molar-refractivity contribution in [2.24, 2.45) is 0 Å². The lowest BCUT2D eigenvalue weighted by molar-refractivity contribution is 0.0695. The number of hydrogen-bond donors (Lipinski definition) is 2. The van der Waals surface area contributed by atoms with Crippen molar-refractivity contribution in [1.82, 2.24) is 9.88 Å². The van der Waals surface area contributed by atoms with Crippen LogP contribution in [-0.4, -0.2) is 47.1 Å². The summed E-state index contributed by atoms with van der Waals surface area (Å²) >= 11 is 0. The third-order valence-corrected chi connectivity index (χ3v) is 3.26. The second-order valence-corrected chi connectivity index (χ2v) is 4.77. The summed E-state index contributed by atoms with van der Waals surface area (Å²) in [5, 5.41) is 12.1. The largest absolute Gasteiger partial charge is 0.478 e. The summed E-state index contributed by atoms with van der Waals surface area (Å²) in [7, 11) is 2.13. The highest BCUT2D eigenvalue weighted by Gasteiger charge is 2.25. The van der Waals surface area contributed by atoms with Crippen molar-refractivity contribution >= 4 is 11.8 Å². The minimum atomic E-state index is -0.931. The second kappa shape index (κ2) is 5.35. The van der Waals surface area contributed by atoms with Gasteiger partial charge in [-0.1, -0.05) is 0 Å². The second-order valence-electron chi connectivity index (χ2n) is 4.77. The smallest absolute Gasteiger partial charge is 0.337 e. The lowest BCUT2D eigenvalue weighted by atomic mass is 10.2. The minimum absolute atomic E-state index is 0.260. The van der Waals surface area contributed by atoms with E-state index in [4.69, 9.17) is 5.11 Å². The molecule has 1 aromatic rings. The van der Waals surface area contributed by atoms with E-state index in [0.29, 0.717) is 5.69 Å². The van der Waals surface area contributed by atoms with Gasteiger partial charge in [-0.15, -0.1) is 0 Å². The Morgan fingerprint density at radius 2 is 2.28 bits per heavy atom. The number of carbonyl (C=O) groups is 1. The molecule has 0 amide bonds. The molecule has 1 fully saturated rings. The van der Waals surface area contributed by atoms with E-state index in [2.05, 4.69) is 22.2 Å². The third kappa shape index (κ3) is 3.20. The molecule has 0 saturated heterocycles. The summed E-state index contributed by atoms with van der Waals surface area (Å²) in [5.41, 5.74) is 0.804. The van der Waals surface area contributed by atoms with Crippen LogP contribution < -0.4 is 5.32 Å². The monoisotopic (exact) mass is 249 g/mol. The van der Waals surface area contributed by atoms with Crippen LogP contribution in [0.2, 0.25) is 0 Å². The maximum atomic E-state index is 10.9. The van der Waals surface area contributed by atoms with Gasteiger partial charge in [0.05, 0.1) is 11.3 Å². The zero-order valence-electron chi connectivity index (χ0n) is 10.8. The van der Waals surface area contributed by atoms with E-state index in [1.807, 2.05) is 0 Å². The highest BCUT2D eigenvalue weighted by Crippen LogP contribution is 2.24. The standard InChI is InChI=1S/C13H19N3O2/c1-9-11(13(17)18)5-6-12(15-9)14-7-8-16(2)10-3-4-10/h5-6,10H,3-4,7-8H2,1-2H3,(H,14,15)(H,17,18). The Morgan fingerprint density at radius 3 is 2.83 bits per heavy atom. The molecule has 18 heavy (non-hydrogen) atoms. The third-order valence-electron chi connectivity index (χ3n) is 3.26. The van der Waals surface area contributed by atoms with Gasteiger partial charge in [0.2, 0.25) is 0 Å². The molecule has 0 bridgehead atoms. The zero-order chi connectivity index (χ0) is 13.1. The summed E-state index contributed by atoms with van der Waals surface area (Å²) in [6, 6.07) is 4.07. The number of aromatic nitrogens is 1. The van der Waals surface area contributed by atoms with E-state index < -0.39 is 5.97 Å². The van der Waals surface area contributed by atoms with Gasteiger partial charge in [0.1, 0.15) is 5.82 Å². The first-order valence-electron chi connectivity index (χ1n) is 6.23. The van der Waals surface area contributed by atoms with Crippen LogP contribution >= 0.6 is 0 Å². The van der Waals surface area contributed by atoms with Crippen LogP contribution in [-0.2, 0) is 0 Å². The van der Waals surface area contributed by atoms with Crippen LogP contribution in [0.3, 0.4) is 0 Å². The fourth-order valence-corrected chi connectivity index (χ4v) is 1.94. The van der Waals surface area contributed by atoms with E-state index in [-0.39, 0.29) is 5.56 Å². The summed E-state index contributed by atoms with van der Waals surface area (Å²) < 4.78 is 0. The Morgan fingerprint density at radius 1 is 1.56 bits per heavy atom. The number of nitrogens with zero attached hydrogens (tertiary/aromatic N) is 2. The molecule has 0 aromatic carbocycles. The number of carboxylic acids is 1. The van der Waals surface area contributed by atoms with Gasteiger partial charge in [-0.05, 0) is 38.9 Å². The predicted molar refractivity (Wildman–Crippen MR) is 70.1 cm³/mol. The lowest BCUT2D eigenvalue weighted by Crippen LogP contribution is -2.27. The van der Waals surface area contributed by atoms with Crippen molar-refractivity contribution < 1.29 is 9.90 Å². The number of likely N-dealkylation sites (N-methyl/N-ethyl adjacent to an activating group) is 1. The molecular formula is C13H19N3O2. The molecule has 1 saturated carbocycles. The van der Waals surface area contributed by atoms with Crippen LogP contribution in [0.1, 0.15) is 28.9 Å². The van der Waals surface area contributed by atoms with Crippen molar-refractivity contribution in [2.75, 3.05) is 25.5 Å². The molecule has 2 N–H and O–H groups in total. The molecular weight excluding hydrogens is 230 g/mol. The number of anilines is 1. The van der Waals surface area contributed by atoms with Crippen molar-refractivity contribution in [1.29, 1.82) is 0 Å². The molecule has 0 atom stereocenters. The molecule has 5 heteroatoms. The van der Waals surface area contributed by atoms with Crippen molar-refractivity contribution in [3.63, 3.8) is 0 Å². The van der Waals surface area contributed by atoms with Gasteiger partial charge in [-0.25, -0.2) is 9.78 Å².